The van der Waals surface area contributed by atoms with Crippen LogP contribution in [-0.4, -0.2) is 22.8 Å². The fourth-order valence-corrected chi connectivity index (χ4v) is 4.88. The maximum absolute atomic E-state index is 13.9. The molecule has 0 saturated carbocycles. The number of amides is 2. The third-order valence-electron chi connectivity index (χ3n) is 7.12. The highest BCUT2D eigenvalue weighted by Gasteiger charge is 2.29. The van der Waals surface area contributed by atoms with Crippen molar-refractivity contribution in [3.63, 3.8) is 0 Å². The second-order valence-electron chi connectivity index (χ2n) is 9.62. The Morgan fingerprint density at radius 3 is 2.05 bits per heavy atom. The monoisotopic (exact) mass is 501 g/mol. The van der Waals surface area contributed by atoms with Crippen LogP contribution >= 0.6 is 0 Å². The van der Waals surface area contributed by atoms with Crippen LogP contribution in [0.5, 0.6) is 0 Å². The van der Waals surface area contributed by atoms with Crippen molar-refractivity contribution in [1.29, 1.82) is 0 Å². The Morgan fingerprint density at radius 2 is 1.37 bits per heavy atom. The molecule has 0 bridgehead atoms. The number of hydrogen-bond donors (Lipinski definition) is 3. The van der Waals surface area contributed by atoms with Crippen molar-refractivity contribution in [2.24, 2.45) is 0 Å². The average molecular weight is 502 g/mol. The number of carbonyl (C=O) groups is 2. The zero-order valence-corrected chi connectivity index (χ0v) is 21.6. The summed E-state index contributed by atoms with van der Waals surface area (Å²) in [5.41, 5.74) is 6.55. The lowest BCUT2D eigenvalue weighted by molar-refractivity contribution is -0.126. The summed E-state index contributed by atoms with van der Waals surface area (Å²) in [6.45, 7) is 4.00. The van der Waals surface area contributed by atoms with Crippen LogP contribution in [-0.2, 0) is 16.0 Å². The minimum Gasteiger partial charge on any atom is -0.361 e. The number of aryl methyl sites for hydroxylation is 1. The van der Waals surface area contributed by atoms with Gasteiger partial charge in [-0.25, -0.2) is 0 Å². The van der Waals surface area contributed by atoms with Gasteiger partial charge in [-0.05, 0) is 53.8 Å². The second kappa shape index (κ2) is 11.2. The van der Waals surface area contributed by atoms with Crippen molar-refractivity contribution in [1.82, 2.24) is 10.3 Å². The second-order valence-corrected chi connectivity index (χ2v) is 9.62. The van der Waals surface area contributed by atoms with Crippen LogP contribution in [0, 0.1) is 13.8 Å². The molecule has 0 fully saturated rings. The van der Waals surface area contributed by atoms with Gasteiger partial charge < -0.3 is 15.6 Å². The highest BCUT2D eigenvalue weighted by atomic mass is 16.2. The standard InChI is InChI=1S/C33H31N3O2/c1-22-12-11-19-28(23(22)2)35-32(37)30(20-26-21-34-29-18-10-9-17-27(26)29)36-33(38)31(24-13-5-3-6-14-24)25-15-7-4-8-16-25/h3-19,21,30-31,34H,20H2,1-2H3,(H,35,37)(H,36,38)/t30-/m1/s1. The molecule has 0 aliphatic rings. The van der Waals surface area contributed by atoms with Crippen molar-refractivity contribution >= 4 is 28.4 Å². The van der Waals surface area contributed by atoms with Crippen molar-refractivity contribution in [2.45, 2.75) is 32.2 Å². The minimum absolute atomic E-state index is 0.219. The van der Waals surface area contributed by atoms with E-state index >= 15 is 0 Å². The molecule has 5 heteroatoms. The number of anilines is 1. The molecule has 0 spiro atoms. The first-order chi connectivity index (χ1) is 18.5. The van der Waals surface area contributed by atoms with Gasteiger partial charge in [0.2, 0.25) is 11.8 Å². The summed E-state index contributed by atoms with van der Waals surface area (Å²) in [6.07, 6.45) is 2.27. The number of rotatable bonds is 8. The third kappa shape index (κ3) is 5.37. The summed E-state index contributed by atoms with van der Waals surface area (Å²) in [5, 5.41) is 7.21. The van der Waals surface area contributed by atoms with E-state index < -0.39 is 12.0 Å². The number of fused-ring (bicyclic) bond motifs is 1. The van der Waals surface area contributed by atoms with E-state index in [2.05, 4.69) is 15.6 Å². The number of aromatic nitrogens is 1. The van der Waals surface area contributed by atoms with E-state index in [4.69, 9.17) is 0 Å². The summed E-state index contributed by atoms with van der Waals surface area (Å²) in [7, 11) is 0. The highest BCUT2D eigenvalue weighted by molar-refractivity contribution is 6.00. The quantitative estimate of drug-likeness (QED) is 0.234. The summed E-state index contributed by atoms with van der Waals surface area (Å²) in [5.74, 6) is -1.02. The first-order valence-electron chi connectivity index (χ1n) is 12.8. The molecule has 0 radical (unpaired) electrons. The first-order valence-corrected chi connectivity index (χ1v) is 12.8. The van der Waals surface area contributed by atoms with Crippen molar-refractivity contribution in [2.75, 3.05) is 5.32 Å². The fraction of sp³-hybridized carbons (Fsp3) is 0.152. The first kappa shape index (κ1) is 25.0. The topological polar surface area (TPSA) is 74.0 Å². The zero-order chi connectivity index (χ0) is 26.5. The van der Waals surface area contributed by atoms with E-state index in [1.54, 1.807) is 0 Å². The van der Waals surface area contributed by atoms with Crippen molar-refractivity contribution in [3.05, 3.63) is 137 Å². The Balaban J connectivity index is 1.48. The van der Waals surface area contributed by atoms with Gasteiger partial charge in [0.1, 0.15) is 6.04 Å². The molecule has 3 N–H and O–H groups in total. The molecule has 5 rings (SSSR count). The van der Waals surface area contributed by atoms with Gasteiger partial charge in [-0.2, -0.15) is 0 Å². The lowest BCUT2D eigenvalue weighted by Gasteiger charge is -2.23. The van der Waals surface area contributed by atoms with Gasteiger partial charge in [-0.3, -0.25) is 9.59 Å². The van der Waals surface area contributed by atoms with Gasteiger partial charge in [-0.15, -0.1) is 0 Å². The Bertz CT molecular complexity index is 1520. The summed E-state index contributed by atoms with van der Waals surface area (Å²) in [4.78, 5) is 30.9. The molecule has 0 unspecified atom stereocenters. The number of benzene rings is 4. The molecule has 1 heterocycles. The SMILES string of the molecule is Cc1cccc(NC(=O)[C@@H](Cc2c[nH]c3ccccc23)NC(=O)C(c2ccccc2)c2ccccc2)c1C. The van der Waals surface area contributed by atoms with Crippen LogP contribution in [0.2, 0.25) is 0 Å². The van der Waals surface area contributed by atoms with Crippen LogP contribution in [0.15, 0.2) is 109 Å². The van der Waals surface area contributed by atoms with Crippen LogP contribution in [0.25, 0.3) is 10.9 Å². The molecular weight excluding hydrogens is 470 g/mol. The Kier molecular flexibility index (Phi) is 7.36. The molecule has 2 amide bonds. The number of carbonyl (C=O) groups excluding carboxylic acids is 2. The largest absolute Gasteiger partial charge is 0.361 e. The third-order valence-corrected chi connectivity index (χ3v) is 7.12. The smallest absolute Gasteiger partial charge is 0.247 e. The Hall–Kier alpha value is -4.64. The van der Waals surface area contributed by atoms with E-state index in [-0.39, 0.29) is 11.8 Å². The van der Waals surface area contributed by atoms with E-state index in [1.807, 2.05) is 123 Å². The highest BCUT2D eigenvalue weighted by Crippen LogP contribution is 2.26. The van der Waals surface area contributed by atoms with Crippen molar-refractivity contribution in [3.8, 4) is 0 Å². The number of nitrogens with one attached hydrogen (secondary N) is 3. The normalized spacial score (nSPS) is 11.9. The molecule has 4 aromatic carbocycles. The van der Waals surface area contributed by atoms with Gasteiger partial charge in [-0.1, -0.05) is 91.0 Å². The maximum atomic E-state index is 13.9. The number of aromatic amines is 1. The van der Waals surface area contributed by atoms with Crippen LogP contribution < -0.4 is 10.6 Å². The van der Waals surface area contributed by atoms with Crippen molar-refractivity contribution < 1.29 is 9.59 Å². The van der Waals surface area contributed by atoms with Crippen LogP contribution in [0.3, 0.4) is 0 Å². The van der Waals surface area contributed by atoms with Gasteiger partial charge in [0.05, 0.1) is 5.92 Å². The molecule has 0 aliphatic carbocycles. The zero-order valence-electron chi connectivity index (χ0n) is 21.6. The van der Waals surface area contributed by atoms with Gasteiger partial charge in [0.25, 0.3) is 0 Å². The predicted molar refractivity (Wildman–Crippen MR) is 153 cm³/mol. The van der Waals surface area contributed by atoms with E-state index in [0.717, 1.165) is 44.4 Å². The van der Waals surface area contributed by atoms with E-state index in [0.29, 0.717) is 6.42 Å². The molecule has 0 aliphatic heterocycles. The minimum atomic E-state index is -0.781. The Labute approximate surface area is 222 Å². The summed E-state index contributed by atoms with van der Waals surface area (Å²) in [6, 6.07) is 32.4. The van der Waals surface area contributed by atoms with Gasteiger partial charge >= 0.3 is 0 Å². The lowest BCUT2D eigenvalue weighted by Crippen LogP contribution is -2.47. The van der Waals surface area contributed by atoms with Crippen LogP contribution in [0.1, 0.15) is 33.7 Å². The maximum Gasteiger partial charge on any atom is 0.247 e. The Morgan fingerprint density at radius 1 is 0.737 bits per heavy atom. The fourth-order valence-electron chi connectivity index (χ4n) is 4.88. The van der Waals surface area contributed by atoms with Gasteiger partial charge in [0, 0.05) is 29.2 Å². The van der Waals surface area contributed by atoms with E-state index in [1.165, 1.54) is 0 Å². The number of para-hydroxylation sites is 1. The molecule has 0 saturated heterocycles. The van der Waals surface area contributed by atoms with Crippen LogP contribution in [0.4, 0.5) is 5.69 Å². The molecule has 38 heavy (non-hydrogen) atoms. The molecule has 5 nitrogen and oxygen atoms in total. The number of hydrogen-bond acceptors (Lipinski definition) is 2. The molecular formula is C33H31N3O2. The molecule has 5 aromatic rings. The number of H-pyrrole nitrogens is 1. The summed E-state index contributed by atoms with van der Waals surface area (Å²) >= 11 is 0. The lowest BCUT2D eigenvalue weighted by atomic mass is 9.90. The molecule has 1 atom stereocenters. The average Bonchev–Trinajstić information content (AvgIpc) is 3.35. The molecule has 1 aromatic heterocycles. The predicted octanol–water partition coefficient (Wildman–Crippen LogP) is 6.28. The van der Waals surface area contributed by atoms with E-state index in [9.17, 15) is 9.59 Å². The van der Waals surface area contributed by atoms with Gasteiger partial charge in [0.15, 0.2) is 0 Å². The summed E-state index contributed by atoms with van der Waals surface area (Å²) < 4.78 is 0. The molecule has 190 valence electrons.